The lowest BCUT2D eigenvalue weighted by Crippen LogP contribution is -2.38. The summed E-state index contributed by atoms with van der Waals surface area (Å²) < 4.78 is 35.9. The number of aromatic amines is 1. The van der Waals surface area contributed by atoms with Crippen molar-refractivity contribution in [3.05, 3.63) is 50.2 Å². The number of rotatable bonds is 12. The van der Waals surface area contributed by atoms with Crippen LogP contribution >= 0.6 is 0 Å². The van der Waals surface area contributed by atoms with Crippen molar-refractivity contribution in [2.45, 2.75) is 64.2 Å². The number of hydrogen-bond acceptors (Lipinski definition) is 9. The number of H-pyrrole nitrogens is 1. The number of nitrogens with one attached hydrogen (secondary N) is 1. The Morgan fingerprint density at radius 3 is 2.64 bits per heavy atom. The number of sulfonamides is 1. The van der Waals surface area contributed by atoms with Gasteiger partial charge in [-0.05, 0) is 70.1 Å². The van der Waals surface area contributed by atoms with Crippen molar-refractivity contribution in [2.75, 3.05) is 26.3 Å². The highest BCUT2D eigenvalue weighted by atomic mass is 32.2. The number of piperidine rings is 1. The number of nitrogens with zero attached hydrogens (tertiary/aromatic N) is 5. The second kappa shape index (κ2) is 12.1. The average molecular weight is 563 g/mol. The Bertz CT molecular complexity index is 1490. The number of ether oxygens (including phenoxy) is 1. The van der Waals surface area contributed by atoms with E-state index in [1.165, 1.54) is 21.0 Å². The van der Waals surface area contributed by atoms with Gasteiger partial charge in [0.25, 0.3) is 10.6 Å². The minimum atomic E-state index is -3.82. The fourth-order valence-electron chi connectivity index (χ4n) is 4.98. The van der Waals surface area contributed by atoms with Gasteiger partial charge < -0.3 is 14.6 Å². The summed E-state index contributed by atoms with van der Waals surface area (Å²) in [5.41, 5.74) is 0.936. The van der Waals surface area contributed by atoms with E-state index >= 15 is 0 Å². The Kier molecular flexibility index (Phi) is 8.85. The van der Waals surface area contributed by atoms with Crippen molar-refractivity contribution in [2.24, 2.45) is 5.92 Å². The van der Waals surface area contributed by atoms with Gasteiger partial charge in [-0.25, -0.2) is 17.9 Å². The average Bonchev–Trinajstić information content (AvgIpc) is 3.22. The number of benzene rings is 1. The highest BCUT2D eigenvalue weighted by Gasteiger charge is 2.30. The van der Waals surface area contributed by atoms with Crippen LogP contribution < -0.4 is 10.3 Å². The first kappa shape index (κ1) is 28.5. The van der Waals surface area contributed by atoms with Gasteiger partial charge in [-0.1, -0.05) is 6.92 Å². The summed E-state index contributed by atoms with van der Waals surface area (Å²) in [6.45, 7) is 6.67. The Balaban J connectivity index is 1.61. The molecule has 1 saturated heterocycles. The van der Waals surface area contributed by atoms with E-state index in [4.69, 9.17) is 4.74 Å². The normalized spacial score (nSPS) is 15.1. The second-order valence-electron chi connectivity index (χ2n) is 9.56. The summed E-state index contributed by atoms with van der Waals surface area (Å²) in [7, 11) is -3.82. The molecule has 13 nitrogen and oxygen atoms in total. The van der Waals surface area contributed by atoms with Crippen molar-refractivity contribution in [1.82, 2.24) is 23.9 Å². The molecule has 1 aliphatic heterocycles. The fraction of sp³-hybridized carbons (Fsp3) is 0.560. The first-order valence-corrected chi connectivity index (χ1v) is 14.6. The van der Waals surface area contributed by atoms with Gasteiger partial charge in [-0.2, -0.15) is 4.31 Å². The molecule has 14 heteroatoms. The van der Waals surface area contributed by atoms with E-state index in [2.05, 4.69) is 19.9 Å². The Hall–Kier alpha value is -3.52. The van der Waals surface area contributed by atoms with E-state index in [0.717, 1.165) is 12.8 Å². The minimum absolute atomic E-state index is 0.0426. The molecule has 0 unspecified atom stereocenters. The molecular weight excluding hydrogens is 528 g/mol. The first-order chi connectivity index (χ1) is 18.6. The van der Waals surface area contributed by atoms with Crippen LogP contribution in [0.3, 0.4) is 0 Å². The predicted octanol–water partition coefficient (Wildman–Crippen LogP) is 3.13. The van der Waals surface area contributed by atoms with Gasteiger partial charge in [0.2, 0.25) is 10.0 Å². The van der Waals surface area contributed by atoms with E-state index in [9.17, 15) is 23.3 Å². The van der Waals surface area contributed by atoms with Crippen molar-refractivity contribution in [3.63, 3.8) is 0 Å². The molecule has 39 heavy (non-hydrogen) atoms. The SMILES string of the molecule is CCCc1nc(C)c2c(=O)[nH]c(-c3cc(S(=O)(=O)N4CCC(CCCO[N+](=O)[O-])CC4)ccc3OCC)nn12. The largest absolute Gasteiger partial charge is 0.493 e. The van der Waals surface area contributed by atoms with Crippen LogP contribution in [0.25, 0.3) is 16.9 Å². The zero-order chi connectivity index (χ0) is 28.2. The molecule has 0 atom stereocenters. The van der Waals surface area contributed by atoms with Crippen molar-refractivity contribution >= 4 is 15.5 Å². The number of aromatic nitrogens is 4. The van der Waals surface area contributed by atoms with Crippen molar-refractivity contribution in [1.29, 1.82) is 0 Å². The van der Waals surface area contributed by atoms with Crippen LogP contribution in [0.4, 0.5) is 0 Å². The van der Waals surface area contributed by atoms with Crippen LogP contribution in [0.5, 0.6) is 5.75 Å². The van der Waals surface area contributed by atoms with Gasteiger partial charge in [-0.15, -0.1) is 15.2 Å². The molecule has 2 aromatic heterocycles. The smallest absolute Gasteiger partial charge is 0.294 e. The number of imidazole rings is 1. The topological polar surface area (TPSA) is 162 Å². The van der Waals surface area contributed by atoms with Crippen molar-refractivity contribution < 1.29 is 23.1 Å². The predicted molar refractivity (Wildman–Crippen MR) is 143 cm³/mol. The Labute approximate surface area is 226 Å². The molecule has 0 spiro atoms. The van der Waals surface area contributed by atoms with Gasteiger partial charge in [-0.3, -0.25) is 4.79 Å². The molecule has 212 valence electrons. The molecule has 4 rings (SSSR count). The third kappa shape index (κ3) is 6.22. The van der Waals surface area contributed by atoms with Gasteiger partial charge in [0, 0.05) is 19.5 Å². The van der Waals surface area contributed by atoms with E-state index in [1.807, 2.05) is 13.8 Å². The molecule has 0 bridgehead atoms. The zero-order valence-electron chi connectivity index (χ0n) is 22.4. The van der Waals surface area contributed by atoms with Crippen LogP contribution in [0.2, 0.25) is 0 Å². The molecule has 1 aromatic carbocycles. The quantitative estimate of drug-likeness (QED) is 0.198. The zero-order valence-corrected chi connectivity index (χ0v) is 23.2. The highest BCUT2D eigenvalue weighted by molar-refractivity contribution is 7.89. The summed E-state index contributed by atoms with van der Waals surface area (Å²) >= 11 is 0. The fourth-order valence-corrected chi connectivity index (χ4v) is 6.47. The molecule has 3 aromatic rings. The van der Waals surface area contributed by atoms with Crippen LogP contribution in [-0.2, 0) is 21.3 Å². The van der Waals surface area contributed by atoms with E-state index in [0.29, 0.717) is 73.7 Å². The highest BCUT2D eigenvalue weighted by Crippen LogP contribution is 2.33. The lowest BCUT2D eigenvalue weighted by Gasteiger charge is -2.31. The van der Waals surface area contributed by atoms with Gasteiger partial charge in [0.1, 0.15) is 11.6 Å². The molecule has 1 aliphatic rings. The lowest BCUT2D eigenvalue weighted by atomic mass is 9.93. The summed E-state index contributed by atoms with van der Waals surface area (Å²) in [6, 6.07) is 4.59. The van der Waals surface area contributed by atoms with Gasteiger partial charge in [0.05, 0.1) is 29.4 Å². The molecule has 1 N–H and O–H groups in total. The van der Waals surface area contributed by atoms with Gasteiger partial charge >= 0.3 is 0 Å². The third-order valence-electron chi connectivity index (χ3n) is 6.89. The monoisotopic (exact) mass is 562 g/mol. The molecule has 0 saturated carbocycles. The maximum Gasteiger partial charge on any atom is 0.294 e. The summed E-state index contributed by atoms with van der Waals surface area (Å²) in [5.74, 6) is 1.54. The maximum atomic E-state index is 13.6. The van der Waals surface area contributed by atoms with Crippen molar-refractivity contribution in [3.8, 4) is 17.1 Å². The summed E-state index contributed by atoms with van der Waals surface area (Å²) in [4.78, 5) is 35.0. The first-order valence-electron chi connectivity index (χ1n) is 13.2. The van der Waals surface area contributed by atoms with Crippen LogP contribution in [-0.4, -0.2) is 63.7 Å². The van der Waals surface area contributed by atoms with Crippen LogP contribution in [0.15, 0.2) is 27.9 Å². The molecule has 0 aliphatic carbocycles. The third-order valence-corrected chi connectivity index (χ3v) is 8.78. The molecular formula is C25H34N6O7S. The standard InChI is InChI=1S/C25H34N6O7S/c1-4-7-22-26-17(3)23-25(32)27-24(28-30(22)23)20-16-19(9-10-21(20)37-5-2)39(35,36)29-13-11-18(12-14-29)8-6-15-38-31(33)34/h9-10,16,18H,4-8,11-15H2,1-3H3,(H,27,28,32). The van der Waals surface area contributed by atoms with Crippen LogP contribution in [0, 0.1) is 23.0 Å². The van der Waals surface area contributed by atoms with E-state index < -0.39 is 15.1 Å². The number of aryl methyl sites for hydroxylation is 2. The van der Waals surface area contributed by atoms with Gasteiger partial charge in [0.15, 0.2) is 11.3 Å². The molecule has 0 radical (unpaired) electrons. The minimum Gasteiger partial charge on any atom is -0.493 e. The molecule has 1 fully saturated rings. The second-order valence-corrected chi connectivity index (χ2v) is 11.5. The van der Waals surface area contributed by atoms with Crippen LogP contribution in [0.1, 0.15) is 57.5 Å². The summed E-state index contributed by atoms with van der Waals surface area (Å²) in [5, 5.41) is 14.1. The Morgan fingerprint density at radius 1 is 1.23 bits per heavy atom. The summed E-state index contributed by atoms with van der Waals surface area (Å²) in [6.07, 6.45) is 4.07. The van der Waals surface area contributed by atoms with E-state index in [-0.39, 0.29) is 28.8 Å². The number of fused-ring (bicyclic) bond motifs is 1. The molecule has 0 amide bonds. The lowest BCUT2D eigenvalue weighted by molar-refractivity contribution is -0.757. The Morgan fingerprint density at radius 2 is 1.97 bits per heavy atom. The maximum absolute atomic E-state index is 13.6. The van der Waals surface area contributed by atoms with E-state index in [1.54, 1.807) is 13.0 Å². The molecule has 3 heterocycles. The number of hydrogen-bond donors (Lipinski definition) is 1.